The van der Waals surface area contributed by atoms with Crippen molar-refractivity contribution in [1.82, 2.24) is 5.32 Å². The van der Waals surface area contributed by atoms with Crippen LogP contribution in [0.4, 0.5) is 0 Å². The molecule has 88 valence electrons. The molecule has 0 saturated carbocycles. The zero-order valence-electron chi connectivity index (χ0n) is 8.75. The third-order valence-electron chi connectivity index (χ3n) is 2.09. The van der Waals surface area contributed by atoms with Crippen molar-refractivity contribution in [3.05, 3.63) is 27.7 Å². The third kappa shape index (κ3) is 2.58. The van der Waals surface area contributed by atoms with E-state index in [1.54, 1.807) is 0 Å². The average molecular weight is 264 g/mol. The van der Waals surface area contributed by atoms with Crippen LogP contribution in [0.1, 0.15) is 11.6 Å². The molecule has 4 nitrogen and oxygen atoms in total. The molecular formula is C10H11Cl2NO3. The molecule has 1 aromatic carbocycles. The van der Waals surface area contributed by atoms with E-state index in [0.29, 0.717) is 16.3 Å². The highest BCUT2D eigenvalue weighted by Gasteiger charge is 2.23. The average Bonchev–Trinajstić information content (AvgIpc) is 2.17. The van der Waals surface area contributed by atoms with Gasteiger partial charge in [0.1, 0.15) is 11.8 Å². The molecule has 0 saturated heterocycles. The summed E-state index contributed by atoms with van der Waals surface area (Å²) in [6.45, 7) is 0. The Bertz CT molecular complexity index is 409. The number of carboxylic acid groups (broad SMARTS) is 1. The van der Waals surface area contributed by atoms with Gasteiger partial charge in [-0.3, -0.25) is 4.79 Å². The highest BCUT2D eigenvalue weighted by Crippen LogP contribution is 2.35. The lowest BCUT2D eigenvalue weighted by Crippen LogP contribution is -2.25. The van der Waals surface area contributed by atoms with Gasteiger partial charge in [0.15, 0.2) is 0 Å². The third-order valence-corrected chi connectivity index (χ3v) is 2.59. The summed E-state index contributed by atoms with van der Waals surface area (Å²) in [4.78, 5) is 11.0. The van der Waals surface area contributed by atoms with E-state index in [-0.39, 0.29) is 5.02 Å². The van der Waals surface area contributed by atoms with Crippen LogP contribution in [-0.4, -0.2) is 25.2 Å². The van der Waals surface area contributed by atoms with Crippen LogP contribution in [0.5, 0.6) is 5.75 Å². The van der Waals surface area contributed by atoms with Crippen LogP contribution >= 0.6 is 23.2 Å². The van der Waals surface area contributed by atoms with Crippen LogP contribution in [0.15, 0.2) is 12.1 Å². The van der Waals surface area contributed by atoms with Gasteiger partial charge in [-0.1, -0.05) is 23.2 Å². The first kappa shape index (κ1) is 13.1. The molecule has 6 heteroatoms. The summed E-state index contributed by atoms with van der Waals surface area (Å²) in [7, 11) is 2.96. The summed E-state index contributed by atoms with van der Waals surface area (Å²) in [6, 6.07) is 2.10. The van der Waals surface area contributed by atoms with Gasteiger partial charge >= 0.3 is 5.97 Å². The SMILES string of the molecule is CNC(C(=O)O)c1cc(Cl)cc(Cl)c1OC. The maximum Gasteiger partial charge on any atom is 0.325 e. The number of likely N-dealkylation sites (N-methyl/N-ethyl adjacent to an activating group) is 1. The van der Waals surface area contributed by atoms with Crippen molar-refractivity contribution in [3.8, 4) is 5.75 Å². The minimum Gasteiger partial charge on any atom is -0.495 e. The van der Waals surface area contributed by atoms with E-state index in [1.807, 2.05) is 0 Å². The standard InChI is InChI=1S/C10H11Cl2NO3/c1-13-8(10(14)15)6-3-5(11)4-7(12)9(6)16-2/h3-4,8,13H,1-2H3,(H,14,15). The van der Waals surface area contributed by atoms with Gasteiger partial charge in [-0.2, -0.15) is 0 Å². The van der Waals surface area contributed by atoms with Crippen molar-refractivity contribution >= 4 is 29.2 Å². The first-order valence-electron chi connectivity index (χ1n) is 4.44. The molecule has 16 heavy (non-hydrogen) atoms. The van der Waals surface area contributed by atoms with E-state index >= 15 is 0 Å². The predicted octanol–water partition coefficient (Wildman–Crippen LogP) is 2.35. The molecule has 0 aliphatic rings. The second kappa shape index (κ2) is 5.39. The number of aliphatic carboxylic acids is 1. The zero-order valence-corrected chi connectivity index (χ0v) is 10.3. The predicted molar refractivity (Wildman–Crippen MR) is 62.5 cm³/mol. The Labute approximate surface area is 103 Å². The molecule has 0 aromatic heterocycles. The smallest absolute Gasteiger partial charge is 0.325 e. The molecule has 0 fully saturated rings. The summed E-state index contributed by atoms with van der Waals surface area (Å²) in [6.07, 6.45) is 0. The number of rotatable bonds is 4. The zero-order chi connectivity index (χ0) is 12.3. The Morgan fingerprint density at radius 2 is 2.12 bits per heavy atom. The van der Waals surface area contributed by atoms with Crippen LogP contribution < -0.4 is 10.1 Å². The normalized spacial score (nSPS) is 12.2. The quantitative estimate of drug-likeness (QED) is 0.876. The molecule has 1 aromatic rings. The number of halogens is 2. The van der Waals surface area contributed by atoms with Crippen LogP contribution in [-0.2, 0) is 4.79 Å². The monoisotopic (exact) mass is 263 g/mol. The fraction of sp³-hybridized carbons (Fsp3) is 0.300. The molecule has 0 radical (unpaired) electrons. The van der Waals surface area contributed by atoms with Crippen LogP contribution in [0.3, 0.4) is 0 Å². The number of methoxy groups -OCH3 is 1. The van der Waals surface area contributed by atoms with Gasteiger partial charge in [0.05, 0.1) is 12.1 Å². The fourth-order valence-electron chi connectivity index (χ4n) is 1.42. The van der Waals surface area contributed by atoms with Crippen molar-refractivity contribution in [2.45, 2.75) is 6.04 Å². The Balaban J connectivity index is 3.34. The maximum atomic E-state index is 11.0. The minimum absolute atomic E-state index is 0.284. The number of carbonyl (C=O) groups is 1. The fourth-order valence-corrected chi connectivity index (χ4v) is 2.01. The molecule has 0 bridgehead atoms. The summed E-state index contributed by atoms with van der Waals surface area (Å²) in [5.41, 5.74) is 0.398. The van der Waals surface area contributed by atoms with Crippen LogP contribution in [0, 0.1) is 0 Å². The molecule has 0 aliphatic carbocycles. The lowest BCUT2D eigenvalue weighted by Gasteiger charge is -2.16. The molecule has 1 atom stereocenters. The summed E-state index contributed by atoms with van der Waals surface area (Å²) < 4.78 is 5.07. The van der Waals surface area contributed by atoms with Gasteiger partial charge in [0, 0.05) is 10.6 Å². The van der Waals surface area contributed by atoms with Gasteiger partial charge in [-0.25, -0.2) is 0 Å². The first-order valence-corrected chi connectivity index (χ1v) is 5.19. The Morgan fingerprint density at radius 1 is 1.50 bits per heavy atom. The number of benzene rings is 1. The maximum absolute atomic E-state index is 11.0. The van der Waals surface area contributed by atoms with E-state index in [2.05, 4.69) is 5.32 Å². The summed E-state index contributed by atoms with van der Waals surface area (Å²) >= 11 is 11.7. The second-order valence-corrected chi connectivity index (χ2v) is 3.91. The van der Waals surface area contributed by atoms with Crippen molar-refractivity contribution in [1.29, 1.82) is 0 Å². The number of carboxylic acids is 1. The first-order chi connectivity index (χ1) is 7.51. The Hall–Kier alpha value is -0.970. The van der Waals surface area contributed by atoms with E-state index in [4.69, 9.17) is 33.0 Å². The largest absolute Gasteiger partial charge is 0.495 e. The highest BCUT2D eigenvalue weighted by molar-refractivity contribution is 6.35. The van der Waals surface area contributed by atoms with Crippen molar-refractivity contribution < 1.29 is 14.6 Å². The van der Waals surface area contributed by atoms with E-state index in [0.717, 1.165) is 0 Å². The van der Waals surface area contributed by atoms with Crippen LogP contribution in [0.2, 0.25) is 10.0 Å². The lowest BCUT2D eigenvalue weighted by molar-refractivity contribution is -0.139. The lowest BCUT2D eigenvalue weighted by atomic mass is 10.1. The molecule has 0 aliphatic heterocycles. The number of hydrogen-bond acceptors (Lipinski definition) is 3. The van der Waals surface area contributed by atoms with Gasteiger partial charge < -0.3 is 15.2 Å². The number of hydrogen-bond donors (Lipinski definition) is 2. The van der Waals surface area contributed by atoms with Crippen molar-refractivity contribution in [2.24, 2.45) is 0 Å². The molecular weight excluding hydrogens is 253 g/mol. The van der Waals surface area contributed by atoms with Gasteiger partial charge in [0.2, 0.25) is 0 Å². The molecule has 0 heterocycles. The number of ether oxygens (including phenoxy) is 1. The topological polar surface area (TPSA) is 58.6 Å². The highest BCUT2D eigenvalue weighted by atomic mass is 35.5. The Morgan fingerprint density at radius 3 is 2.56 bits per heavy atom. The molecule has 2 N–H and O–H groups in total. The summed E-state index contributed by atoms with van der Waals surface area (Å²) in [5.74, 6) is -0.716. The van der Waals surface area contributed by atoms with Gasteiger partial charge in [-0.15, -0.1) is 0 Å². The minimum atomic E-state index is -1.03. The van der Waals surface area contributed by atoms with E-state index in [9.17, 15) is 4.79 Å². The van der Waals surface area contributed by atoms with Crippen molar-refractivity contribution in [3.63, 3.8) is 0 Å². The molecule has 1 rings (SSSR count). The Kier molecular flexibility index (Phi) is 4.41. The van der Waals surface area contributed by atoms with Gasteiger partial charge in [-0.05, 0) is 19.2 Å². The molecule has 1 unspecified atom stereocenters. The summed E-state index contributed by atoms with van der Waals surface area (Å²) in [5, 5.41) is 12.3. The number of nitrogens with one attached hydrogen (secondary N) is 1. The van der Waals surface area contributed by atoms with Crippen LogP contribution in [0.25, 0.3) is 0 Å². The van der Waals surface area contributed by atoms with E-state index in [1.165, 1.54) is 26.3 Å². The second-order valence-electron chi connectivity index (χ2n) is 3.07. The van der Waals surface area contributed by atoms with Crippen molar-refractivity contribution in [2.75, 3.05) is 14.2 Å². The van der Waals surface area contributed by atoms with E-state index < -0.39 is 12.0 Å². The molecule has 0 amide bonds. The van der Waals surface area contributed by atoms with Gasteiger partial charge in [0.25, 0.3) is 0 Å². The molecule has 0 spiro atoms.